The average Bonchev–Trinajstić information content (AvgIpc) is 2.39. The summed E-state index contributed by atoms with van der Waals surface area (Å²) in [5.41, 5.74) is 1.40. The lowest BCUT2D eigenvalue weighted by Crippen LogP contribution is -2.49. The molecule has 0 aromatic heterocycles. The van der Waals surface area contributed by atoms with Crippen molar-refractivity contribution in [1.29, 1.82) is 0 Å². The quantitative estimate of drug-likeness (QED) is 0.702. The lowest BCUT2D eigenvalue weighted by Gasteiger charge is -2.35. The van der Waals surface area contributed by atoms with Gasteiger partial charge in [-0.15, -0.1) is 0 Å². The highest BCUT2D eigenvalue weighted by atomic mass is 16.6. The van der Waals surface area contributed by atoms with Crippen LogP contribution in [0.15, 0.2) is 11.6 Å². The molecule has 0 aromatic carbocycles. The van der Waals surface area contributed by atoms with Gasteiger partial charge in [0, 0.05) is 32.7 Å². The van der Waals surface area contributed by atoms with E-state index in [4.69, 9.17) is 4.74 Å². The minimum absolute atomic E-state index is 0.163. The molecule has 4 heteroatoms. The van der Waals surface area contributed by atoms with Crippen LogP contribution in [-0.2, 0) is 4.74 Å². The maximum atomic E-state index is 11.6. The Morgan fingerprint density at radius 2 is 1.90 bits per heavy atom. The average molecular weight is 282 g/mol. The fourth-order valence-corrected chi connectivity index (χ4v) is 2.52. The van der Waals surface area contributed by atoms with E-state index in [2.05, 4.69) is 31.7 Å². The van der Waals surface area contributed by atoms with Crippen LogP contribution < -0.4 is 0 Å². The molecular weight excluding hydrogens is 252 g/mol. The highest BCUT2D eigenvalue weighted by Crippen LogP contribution is 2.12. The third-order valence-electron chi connectivity index (χ3n) is 3.68. The second-order valence-corrected chi connectivity index (χ2v) is 5.95. The molecule has 4 nitrogen and oxygen atoms in total. The fourth-order valence-electron chi connectivity index (χ4n) is 2.52. The number of carbonyl (C=O) groups is 1. The van der Waals surface area contributed by atoms with Crippen LogP contribution in [0.5, 0.6) is 0 Å². The van der Waals surface area contributed by atoms with Crippen LogP contribution >= 0.6 is 0 Å². The Labute approximate surface area is 123 Å². The predicted molar refractivity (Wildman–Crippen MR) is 82.9 cm³/mol. The number of ether oxygens (including phenoxy) is 1. The molecular formula is C16H30N2O2. The Hall–Kier alpha value is -1.03. The van der Waals surface area contributed by atoms with Crippen LogP contribution in [0, 0.1) is 5.92 Å². The molecule has 1 amide bonds. The molecule has 20 heavy (non-hydrogen) atoms. The number of hydrogen-bond donors (Lipinski definition) is 0. The molecule has 0 saturated carbocycles. The summed E-state index contributed by atoms with van der Waals surface area (Å²) in [5, 5.41) is 0. The topological polar surface area (TPSA) is 32.8 Å². The molecule has 1 saturated heterocycles. The first-order valence-corrected chi connectivity index (χ1v) is 7.80. The van der Waals surface area contributed by atoms with Crippen molar-refractivity contribution in [3.05, 3.63) is 11.6 Å². The number of rotatable bonds is 6. The molecule has 0 spiro atoms. The summed E-state index contributed by atoms with van der Waals surface area (Å²) in [6, 6.07) is 0. The smallest absolute Gasteiger partial charge is 0.409 e. The predicted octanol–water partition coefficient (Wildman–Crippen LogP) is 3.14. The minimum atomic E-state index is -0.163. The van der Waals surface area contributed by atoms with E-state index in [-0.39, 0.29) is 6.09 Å². The first kappa shape index (κ1) is 17.0. The summed E-state index contributed by atoms with van der Waals surface area (Å²) in [6.07, 6.45) is 4.56. The van der Waals surface area contributed by atoms with E-state index in [0.29, 0.717) is 12.5 Å². The van der Waals surface area contributed by atoms with Gasteiger partial charge in [-0.2, -0.15) is 0 Å². The third-order valence-corrected chi connectivity index (χ3v) is 3.68. The fraction of sp³-hybridized carbons (Fsp3) is 0.812. The maximum absolute atomic E-state index is 11.6. The molecule has 0 aliphatic carbocycles. The van der Waals surface area contributed by atoms with Crippen molar-refractivity contribution in [1.82, 2.24) is 9.80 Å². The molecule has 1 unspecified atom stereocenters. The van der Waals surface area contributed by atoms with Gasteiger partial charge in [-0.1, -0.05) is 18.6 Å². The Morgan fingerprint density at radius 3 is 2.45 bits per heavy atom. The van der Waals surface area contributed by atoms with Crippen molar-refractivity contribution in [2.75, 3.05) is 39.3 Å². The normalized spacial score (nSPS) is 17.7. The Bertz CT molecular complexity index is 316. The first-order valence-electron chi connectivity index (χ1n) is 7.80. The van der Waals surface area contributed by atoms with Gasteiger partial charge in [0.25, 0.3) is 0 Å². The molecule has 1 heterocycles. The van der Waals surface area contributed by atoms with Crippen LogP contribution in [-0.4, -0.2) is 55.2 Å². The van der Waals surface area contributed by atoms with E-state index in [0.717, 1.165) is 32.7 Å². The lowest BCUT2D eigenvalue weighted by molar-refractivity contribution is 0.0756. The number of hydrogen-bond acceptors (Lipinski definition) is 3. The van der Waals surface area contributed by atoms with E-state index < -0.39 is 0 Å². The van der Waals surface area contributed by atoms with Crippen LogP contribution in [0.25, 0.3) is 0 Å². The summed E-state index contributed by atoms with van der Waals surface area (Å²) >= 11 is 0. The first-order chi connectivity index (χ1) is 9.52. The maximum Gasteiger partial charge on any atom is 0.409 e. The number of allylic oxidation sites excluding steroid dienone is 2. The lowest BCUT2D eigenvalue weighted by atomic mass is 10.0. The van der Waals surface area contributed by atoms with Crippen LogP contribution in [0.2, 0.25) is 0 Å². The molecule has 1 atom stereocenters. The van der Waals surface area contributed by atoms with Crippen molar-refractivity contribution in [3.8, 4) is 0 Å². The SMILES string of the molecule is CCOC(=O)N1CCN(CC(C)CCC=C(C)C)CC1. The highest BCUT2D eigenvalue weighted by Gasteiger charge is 2.22. The zero-order valence-electron chi connectivity index (χ0n) is 13.5. The molecule has 0 N–H and O–H groups in total. The minimum Gasteiger partial charge on any atom is -0.450 e. The second-order valence-electron chi connectivity index (χ2n) is 5.95. The molecule has 0 aromatic rings. The van der Waals surface area contributed by atoms with Gasteiger partial charge in [0.1, 0.15) is 0 Å². The summed E-state index contributed by atoms with van der Waals surface area (Å²) in [6.45, 7) is 13.6. The summed E-state index contributed by atoms with van der Waals surface area (Å²) in [5.74, 6) is 0.708. The van der Waals surface area contributed by atoms with Gasteiger partial charge < -0.3 is 9.64 Å². The van der Waals surface area contributed by atoms with Crippen LogP contribution in [0.4, 0.5) is 4.79 Å². The number of amides is 1. The second kappa shape index (κ2) is 9.01. The van der Waals surface area contributed by atoms with Gasteiger partial charge >= 0.3 is 6.09 Å². The zero-order chi connectivity index (χ0) is 15.0. The molecule has 0 radical (unpaired) electrons. The van der Waals surface area contributed by atoms with Crippen molar-refractivity contribution < 1.29 is 9.53 Å². The number of nitrogens with zero attached hydrogens (tertiary/aromatic N) is 2. The third kappa shape index (κ3) is 6.42. The van der Waals surface area contributed by atoms with Crippen molar-refractivity contribution in [3.63, 3.8) is 0 Å². The summed E-state index contributed by atoms with van der Waals surface area (Å²) < 4.78 is 5.04. The Balaban J connectivity index is 2.21. The summed E-state index contributed by atoms with van der Waals surface area (Å²) in [4.78, 5) is 15.9. The largest absolute Gasteiger partial charge is 0.450 e. The van der Waals surface area contributed by atoms with Gasteiger partial charge in [-0.25, -0.2) is 4.79 Å². The monoisotopic (exact) mass is 282 g/mol. The standard InChI is InChI=1S/C16H30N2O2/c1-5-20-16(19)18-11-9-17(10-12-18)13-15(4)8-6-7-14(2)3/h7,15H,5-6,8-13H2,1-4H3. The van der Waals surface area contributed by atoms with Gasteiger partial charge in [0.05, 0.1) is 6.61 Å². The van der Waals surface area contributed by atoms with E-state index in [1.165, 1.54) is 18.4 Å². The molecule has 1 rings (SSSR count). The molecule has 116 valence electrons. The molecule has 1 aliphatic rings. The van der Waals surface area contributed by atoms with Gasteiger partial charge in [0.15, 0.2) is 0 Å². The van der Waals surface area contributed by atoms with Crippen molar-refractivity contribution in [2.45, 2.75) is 40.5 Å². The summed E-state index contributed by atoms with van der Waals surface area (Å²) in [7, 11) is 0. The van der Waals surface area contributed by atoms with E-state index >= 15 is 0 Å². The molecule has 0 bridgehead atoms. The van der Waals surface area contributed by atoms with E-state index in [1.807, 2.05) is 11.8 Å². The Morgan fingerprint density at radius 1 is 1.25 bits per heavy atom. The van der Waals surface area contributed by atoms with Gasteiger partial charge in [-0.3, -0.25) is 4.90 Å². The number of carbonyl (C=O) groups excluding carboxylic acids is 1. The van der Waals surface area contributed by atoms with Crippen LogP contribution in [0.1, 0.15) is 40.5 Å². The van der Waals surface area contributed by atoms with E-state index in [1.54, 1.807) is 0 Å². The number of piperazine rings is 1. The van der Waals surface area contributed by atoms with Crippen molar-refractivity contribution >= 4 is 6.09 Å². The van der Waals surface area contributed by atoms with Gasteiger partial charge in [0.2, 0.25) is 0 Å². The molecule has 1 aliphatic heterocycles. The van der Waals surface area contributed by atoms with Crippen LogP contribution in [0.3, 0.4) is 0 Å². The highest BCUT2D eigenvalue weighted by molar-refractivity contribution is 5.67. The van der Waals surface area contributed by atoms with Crippen molar-refractivity contribution in [2.24, 2.45) is 5.92 Å². The van der Waals surface area contributed by atoms with E-state index in [9.17, 15) is 4.79 Å². The Kier molecular flexibility index (Phi) is 7.67. The zero-order valence-corrected chi connectivity index (χ0v) is 13.5. The molecule has 1 fully saturated rings. The van der Waals surface area contributed by atoms with Gasteiger partial charge in [-0.05, 0) is 39.5 Å².